The van der Waals surface area contributed by atoms with E-state index in [0.717, 1.165) is 0 Å². The quantitative estimate of drug-likeness (QED) is 0.753. The molecular formula is C11H9Cl2NO. The molecule has 1 rings (SSSR count). The summed E-state index contributed by atoms with van der Waals surface area (Å²) >= 11 is 11.8. The minimum Gasteiger partial charge on any atom is -0.345 e. The Hall–Kier alpha value is -1.17. The third kappa shape index (κ3) is 3.83. The molecule has 2 nitrogen and oxygen atoms in total. The van der Waals surface area contributed by atoms with E-state index >= 15 is 0 Å². The van der Waals surface area contributed by atoms with Crippen LogP contribution in [0.2, 0.25) is 10.0 Å². The van der Waals surface area contributed by atoms with Crippen molar-refractivity contribution in [2.75, 3.05) is 6.54 Å². The summed E-state index contributed by atoms with van der Waals surface area (Å²) in [5.74, 6) is 5.46. The van der Waals surface area contributed by atoms with E-state index in [4.69, 9.17) is 23.2 Å². The number of hydrogen-bond acceptors (Lipinski definition) is 1. The molecule has 78 valence electrons. The van der Waals surface area contributed by atoms with Crippen LogP contribution in [0.1, 0.15) is 12.5 Å². The van der Waals surface area contributed by atoms with Gasteiger partial charge in [0.25, 0.3) is 0 Å². The monoisotopic (exact) mass is 241 g/mol. The first-order chi connectivity index (χ1) is 7.11. The Morgan fingerprint density at radius 1 is 1.40 bits per heavy atom. The molecule has 0 atom stereocenters. The van der Waals surface area contributed by atoms with Crippen LogP contribution in [-0.2, 0) is 4.79 Å². The van der Waals surface area contributed by atoms with Gasteiger partial charge in [-0.2, -0.15) is 0 Å². The van der Waals surface area contributed by atoms with E-state index in [1.165, 1.54) is 6.92 Å². The van der Waals surface area contributed by atoms with Crippen LogP contribution in [0.15, 0.2) is 18.2 Å². The van der Waals surface area contributed by atoms with Gasteiger partial charge >= 0.3 is 0 Å². The van der Waals surface area contributed by atoms with Gasteiger partial charge in [0.2, 0.25) is 5.91 Å². The Morgan fingerprint density at radius 2 is 2.00 bits per heavy atom. The van der Waals surface area contributed by atoms with Gasteiger partial charge in [-0.3, -0.25) is 4.79 Å². The molecule has 1 amide bonds. The van der Waals surface area contributed by atoms with Crippen molar-refractivity contribution in [2.24, 2.45) is 0 Å². The molecule has 0 aliphatic heterocycles. The number of amides is 1. The molecular weight excluding hydrogens is 233 g/mol. The molecule has 0 radical (unpaired) electrons. The summed E-state index contributed by atoms with van der Waals surface area (Å²) in [7, 11) is 0. The van der Waals surface area contributed by atoms with E-state index < -0.39 is 0 Å². The normalized spacial score (nSPS) is 9.00. The second kappa shape index (κ2) is 5.65. The van der Waals surface area contributed by atoms with Gasteiger partial charge in [0, 0.05) is 6.92 Å². The lowest BCUT2D eigenvalue weighted by molar-refractivity contribution is -0.118. The maximum absolute atomic E-state index is 10.6. The molecule has 0 saturated heterocycles. The van der Waals surface area contributed by atoms with Crippen LogP contribution in [-0.4, -0.2) is 12.5 Å². The minimum atomic E-state index is -0.116. The maximum Gasteiger partial charge on any atom is 0.217 e. The van der Waals surface area contributed by atoms with Crippen LogP contribution < -0.4 is 5.32 Å². The Morgan fingerprint density at radius 3 is 2.53 bits per heavy atom. The molecule has 4 heteroatoms. The van der Waals surface area contributed by atoms with E-state index in [1.54, 1.807) is 18.2 Å². The van der Waals surface area contributed by atoms with Crippen molar-refractivity contribution in [2.45, 2.75) is 6.92 Å². The highest BCUT2D eigenvalue weighted by molar-refractivity contribution is 6.36. The summed E-state index contributed by atoms with van der Waals surface area (Å²) in [4.78, 5) is 10.6. The molecule has 0 unspecified atom stereocenters. The van der Waals surface area contributed by atoms with Gasteiger partial charge in [0.15, 0.2) is 0 Å². The summed E-state index contributed by atoms with van der Waals surface area (Å²) in [5.41, 5.74) is 0.589. The van der Waals surface area contributed by atoms with E-state index in [1.807, 2.05) is 0 Å². The van der Waals surface area contributed by atoms with E-state index in [9.17, 15) is 4.79 Å². The Kier molecular flexibility index (Phi) is 4.48. The largest absolute Gasteiger partial charge is 0.345 e. The Bertz CT molecular complexity index is 412. The molecule has 0 aromatic heterocycles. The highest BCUT2D eigenvalue weighted by Crippen LogP contribution is 2.22. The number of halogens is 2. The van der Waals surface area contributed by atoms with Gasteiger partial charge in [-0.15, -0.1) is 0 Å². The van der Waals surface area contributed by atoms with Crippen LogP contribution in [0.5, 0.6) is 0 Å². The van der Waals surface area contributed by atoms with Crippen molar-refractivity contribution in [1.29, 1.82) is 0 Å². The number of carbonyl (C=O) groups is 1. The zero-order valence-corrected chi connectivity index (χ0v) is 9.62. The van der Waals surface area contributed by atoms with Crippen LogP contribution >= 0.6 is 23.2 Å². The molecule has 1 aromatic rings. The van der Waals surface area contributed by atoms with Crippen molar-refractivity contribution in [3.63, 3.8) is 0 Å². The van der Waals surface area contributed by atoms with Crippen LogP contribution in [0, 0.1) is 11.8 Å². The molecule has 0 saturated carbocycles. The number of hydrogen-bond donors (Lipinski definition) is 1. The summed E-state index contributed by atoms with van der Waals surface area (Å²) < 4.78 is 0. The molecule has 0 heterocycles. The molecule has 0 spiro atoms. The van der Waals surface area contributed by atoms with Crippen LogP contribution in [0.25, 0.3) is 0 Å². The summed E-state index contributed by atoms with van der Waals surface area (Å²) in [5, 5.41) is 3.58. The number of rotatable bonds is 1. The third-order valence-corrected chi connectivity index (χ3v) is 2.23. The molecule has 0 bridgehead atoms. The zero-order valence-electron chi connectivity index (χ0n) is 8.10. The van der Waals surface area contributed by atoms with Gasteiger partial charge in [-0.05, 0) is 12.1 Å². The smallest absolute Gasteiger partial charge is 0.217 e. The fourth-order valence-electron chi connectivity index (χ4n) is 0.918. The fraction of sp³-hybridized carbons (Fsp3) is 0.182. The molecule has 1 aromatic carbocycles. The highest BCUT2D eigenvalue weighted by atomic mass is 35.5. The Balaban J connectivity index is 2.75. The number of nitrogens with one attached hydrogen (secondary N) is 1. The van der Waals surface area contributed by atoms with Gasteiger partial charge < -0.3 is 5.32 Å². The molecule has 1 N–H and O–H groups in total. The van der Waals surface area contributed by atoms with Crippen molar-refractivity contribution >= 4 is 29.1 Å². The summed E-state index contributed by atoms with van der Waals surface area (Å²) in [6.45, 7) is 1.72. The first-order valence-electron chi connectivity index (χ1n) is 4.28. The van der Waals surface area contributed by atoms with Crippen molar-refractivity contribution in [3.05, 3.63) is 33.8 Å². The maximum atomic E-state index is 10.6. The minimum absolute atomic E-state index is 0.116. The van der Waals surface area contributed by atoms with Crippen LogP contribution in [0.3, 0.4) is 0 Å². The third-order valence-electron chi connectivity index (χ3n) is 1.60. The lowest BCUT2D eigenvalue weighted by Crippen LogP contribution is -2.19. The van der Waals surface area contributed by atoms with E-state index in [2.05, 4.69) is 17.2 Å². The second-order valence-corrected chi connectivity index (χ2v) is 3.62. The Labute approximate surface area is 98.6 Å². The lowest BCUT2D eigenvalue weighted by Gasteiger charge is -1.97. The first kappa shape index (κ1) is 11.9. The lowest BCUT2D eigenvalue weighted by atomic mass is 10.2. The second-order valence-electron chi connectivity index (χ2n) is 2.81. The SMILES string of the molecule is CC(=O)NCC#Cc1c(Cl)cccc1Cl. The van der Waals surface area contributed by atoms with Gasteiger partial charge in [0.05, 0.1) is 22.2 Å². The predicted octanol–water partition coefficient (Wildman–Crippen LogP) is 2.48. The van der Waals surface area contributed by atoms with Gasteiger partial charge in [-0.1, -0.05) is 41.1 Å². The number of carbonyl (C=O) groups excluding carboxylic acids is 1. The number of benzene rings is 1. The van der Waals surface area contributed by atoms with Crippen molar-refractivity contribution < 1.29 is 4.79 Å². The van der Waals surface area contributed by atoms with Crippen molar-refractivity contribution in [1.82, 2.24) is 5.32 Å². The van der Waals surface area contributed by atoms with E-state index in [-0.39, 0.29) is 12.5 Å². The summed E-state index contributed by atoms with van der Waals surface area (Å²) in [6, 6.07) is 5.19. The standard InChI is InChI=1S/C11H9Cl2NO/c1-8(15)14-7-3-4-9-10(12)5-2-6-11(9)13/h2,5-6H,7H2,1H3,(H,14,15). The molecule has 0 fully saturated rings. The zero-order chi connectivity index (χ0) is 11.3. The topological polar surface area (TPSA) is 29.1 Å². The first-order valence-corrected chi connectivity index (χ1v) is 5.04. The predicted molar refractivity (Wildman–Crippen MR) is 62.0 cm³/mol. The molecule has 0 aliphatic rings. The van der Waals surface area contributed by atoms with Crippen LogP contribution in [0.4, 0.5) is 0 Å². The average Bonchev–Trinajstić information content (AvgIpc) is 2.15. The molecule has 15 heavy (non-hydrogen) atoms. The molecule has 0 aliphatic carbocycles. The van der Waals surface area contributed by atoms with Gasteiger partial charge in [0.1, 0.15) is 0 Å². The van der Waals surface area contributed by atoms with E-state index in [0.29, 0.717) is 15.6 Å². The van der Waals surface area contributed by atoms with Crippen molar-refractivity contribution in [3.8, 4) is 11.8 Å². The fourth-order valence-corrected chi connectivity index (χ4v) is 1.41. The van der Waals surface area contributed by atoms with Gasteiger partial charge in [-0.25, -0.2) is 0 Å². The average molecular weight is 242 g/mol. The highest BCUT2D eigenvalue weighted by Gasteiger charge is 2.00. The summed E-state index contributed by atoms with van der Waals surface area (Å²) in [6.07, 6.45) is 0.